The van der Waals surface area contributed by atoms with E-state index in [4.69, 9.17) is 0 Å². The maximum atomic E-state index is 11.9. The lowest BCUT2D eigenvalue weighted by atomic mass is 10.1. The molecule has 2 amide bonds. The minimum atomic E-state index is -0.106. The van der Waals surface area contributed by atoms with Crippen LogP contribution in [0.1, 0.15) is 32.9 Å². The number of aromatic nitrogens is 1. The third kappa shape index (κ3) is 5.77. The Morgan fingerprint density at radius 2 is 2.08 bits per heavy atom. The summed E-state index contributed by atoms with van der Waals surface area (Å²) in [7, 11) is 0. The van der Waals surface area contributed by atoms with Crippen molar-refractivity contribution in [3.05, 3.63) is 35.3 Å². The zero-order chi connectivity index (χ0) is 17.5. The maximum Gasteiger partial charge on any atom is 0.226 e. The first-order valence-corrected chi connectivity index (χ1v) is 8.91. The Morgan fingerprint density at radius 1 is 1.29 bits per heavy atom. The van der Waals surface area contributed by atoms with Crippen molar-refractivity contribution in [1.29, 1.82) is 0 Å². The first-order valence-electron chi connectivity index (χ1n) is 8.03. The molecule has 0 aliphatic rings. The van der Waals surface area contributed by atoms with Gasteiger partial charge < -0.3 is 10.6 Å². The summed E-state index contributed by atoms with van der Waals surface area (Å²) in [6.45, 7) is 6.44. The van der Waals surface area contributed by atoms with E-state index in [0.717, 1.165) is 28.4 Å². The summed E-state index contributed by atoms with van der Waals surface area (Å²) in [6.07, 6.45) is 1.27. The van der Waals surface area contributed by atoms with Crippen molar-refractivity contribution in [2.75, 3.05) is 11.9 Å². The Labute approximate surface area is 146 Å². The summed E-state index contributed by atoms with van der Waals surface area (Å²) in [4.78, 5) is 27.6. The monoisotopic (exact) mass is 345 g/mol. The van der Waals surface area contributed by atoms with Crippen LogP contribution in [0.2, 0.25) is 0 Å². The van der Waals surface area contributed by atoms with E-state index in [-0.39, 0.29) is 11.8 Å². The van der Waals surface area contributed by atoms with Crippen molar-refractivity contribution < 1.29 is 9.59 Å². The molecule has 0 fully saturated rings. The number of benzene rings is 1. The number of thiazole rings is 1. The molecule has 0 unspecified atom stereocenters. The summed E-state index contributed by atoms with van der Waals surface area (Å²) in [5, 5.41) is 8.43. The summed E-state index contributed by atoms with van der Waals surface area (Å²) in [5.74, 6) is 0.469. The highest BCUT2D eigenvalue weighted by atomic mass is 32.1. The van der Waals surface area contributed by atoms with Crippen LogP contribution >= 0.6 is 11.3 Å². The third-order valence-electron chi connectivity index (χ3n) is 3.37. The van der Waals surface area contributed by atoms with E-state index in [9.17, 15) is 9.59 Å². The molecule has 5 nitrogen and oxygen atoms in total. The van der Waals surface area contributed by atoms with Crippen molar-refractivity contribution in [2.24, 2.45) is 5.92 Å². The average Bonchev–Trinajstić information content (AvgIpc) is 2.95. The number of carbonyl (C=O) groups excluding carboxylic acids is 2. The van der Waals surface area contributed by atoms with Crippen LogP contribution in [-0.2, 0) is 16.0 Å². The van der Waals surface area contributed by atoms with Gasteiger partial charge in [-0.15, -0.1) is 11.3 Å². The fraction of sp³-hybridized carbons (Fsp3) is 0.389. The van der Waals surface area contributed by atoms with Crippen LogP contribution in [0.15, 0.2) is 29.6 Å². The minimum Gasteiger partial charge on any atom is -0.356 e. The number of hydrogen-bond acceptors (Lipinski definition) is 4. The highest BCUT2D eigenvalue weighted by Crippen LogP contribution is 2.26. The van der Waals surface area contributed by atoms with Crippen molar-refractivity contribution in [2.45, 2.75) is 33.6 Å². The summed E-state index contributed by atoms with van der Waals surface area (Å²) >= 11 is 1.50. The molecule has 0 aliphatic heterocycles. The van der Waals surface area contributed by atoms with Crippen LogP contribution in [0, 0.1) is 5.92 Å². The van der Waals surface area contributed by atoms with Crippen LogP contribution in [0.3, 0.4) is 0 Å². The molecule has 1 aromatic heterocycles. The predicted molar refractivity (Wildman–Crippen MR) is 98.0 cm³/mol. The molecule has 1 aromatic carbocycles. The largest absolute Gasteiger partial charge is 0.356 e. The van der Waals surface area contributed by atoms with E-state index >= 15 is 0 Å². The van der Waals surface area contributed by atoms with Gasteiger partial charge in [0.05, 0.1) is 12.1 Å². The van der Waals surface area contributed by atoms with Crippen molar-refractivity contribution >= 4 is 28.8 Å². The Morgan fingerprint density at radius 3 is 2.79 bits per heavy atom. The number of amides is 2. The lowest BCUT2D eigenvalue weighted by Crippen LogP contribution is -2.26. The fourth-order valence-electron chi connectivity index (χ4n) is 2.18. The second-order valence-corrected chi connectivity index (χ2v) is 6.97. The lowest BCUT2D eigenvalue weighted by molar-refractivity contribution is -0.120. The smallest absolute Gasteiger partial charge is 0.226 e. The molecule has 0 aliphatic carbocycles. The quantitative estimate of drug-likeness (QED) is 0.807. The van der Waals surface area contributed by atoms with Gasteiger partial charge in [-0.3, -0.25) is 9.59 Å². The topological polar surface area (TPSA) is 71.1 Å². The number of carbonyl (C=O) groups is 2. The zero-order valence-electron chi connectivity index (χ0n) is 14.3. The summed E-state index contributed by atoms with van der Waals surface area (Å²) in [5.41, 5.74) is 2.43. The van der Waals surface area contributed by atoms with Crippen LogP contribution in [0.5, 0.6) is 0 Å². The van der Waals surface area contributed by atoms with E-state index in [1.165, 1.54) is 18.3 Å². The van der Waals surface area contributed by atoms with Gasteiger partial charge in [-0.2, -0.15) is 0 Å². The third-order valence-corrected chi connectivity index (χ3v) is 4.31. The van der Waals surface area contributed by atoms with Gasteiger partial charge >= 0.3 is 0 Å². The van der Waals surface area contributed by atoms with Crippen LogP contribution in [0.4, 0.5) is 5.69 Å². The van der Waals surface area contributed by atoms with E-state index in [2.05, 4.69) is 29.5 Å². The number of nitrogens with zero attached hydrogens (tertiary/aromatic N) is 1. The number of anilines is 1. The van der Waals surface area contributed by atoms with Gasteiger partial charge in [-0.25, -0.2) is 4.98 Å². The second kappa shape index (κ2) is 8.59. The molecule has 24 heavy (non-hydrogen) atoms. The number of rotatable bonds is 7. The molecule has 2 N–H and O–H groups in total. The van der Waals surface area contributed by atoms with E-state index in [0.29, 0.717) is 18.9 Å². The van der Waals surface area contributed by atoms with Gasteiger partial charge in [0.2, 0.25) is 11.8 Å². The molecule has 128 valence electrons. The Kier molecular flexibility index (Phi) is 6.49. The van der Waals surface area contributed by atoms with Gasteiger partial charge in [0.1, 0.15) is 5.01 Å². The Bertz CT molecular complexity index is 710. The zero-order valence-corrected chi connectivity index (χ0v) is 15.1. The molecular weight excluding hydrogens is 322 g/mol. The fourth-order valence-corrected chi connectivity index (χ4v) is 3.00. The molecule has 1 heterocycles. The summed E-state index contributed by atoms with van der Waals surface area (Å²) in [6, 6.07) is 7.53. The molecule has 0 atom stereocenters. The lowest BCUT2D eigenvalue weighted by Gasteiger charge is -2.06. The van der Waals surface area contributed by atoms with Gasteiger partial charge in [0.15, 0.2) is 0 Å². The molecule has 0 saturated heterocycles. The highest BCUT2D eigenvalue weighted by molar-refractivity contribution is 7.13. The van der Waals surface area contributed by atoms with E-state index < -0.39 is 0 Å². The standard InChI is InChI=1S/C18H23N3O2S/c1-12(2)7-8-19-17(23)10-16-11-24-18(21-16)14-5-4-6-15(9-14)20-13(3)22/h4-6,9,11-12H,7-8,10H2,1-3H3,(H,19,23)(H,20,22). The van der Waals surface area contributed by atoms with Crippen LogP contribution < -0.4 is 10.6 Å². The van der Waals surface area contributed by atoms with Gasteiger partial charge in [-0.1, -0.05) is 26.0 Å². The number of nitrogens with one attached hydrogen (secondary N) is 2. The average molecular weight is 345 g/mol. The molecule has 0 saturated carbocycles. The minimum absolute atomic E-state index is 0.000466. The van der Waals surface area contributed by atoms with Crippen molar-refractivity contribution in [1.82, 2.24) is 10.3 Å². The van der Waals surface area contributed by atoms with E-state index in [1.807, 2.05) is 29.6 Å². The summed E-state index contributed by atoms with van der Waals surface area (Å²) < 4.78 is 0. The first-order chi connectivity index (χ1) is 11.4. The van der Waals surface area contributed by atoms with Crippen LogP contribution in [-0.4, -0.2) is 23.3 Å². The molecule has 2 rings (SSSR count). The SMILES string of the molecule is CC(=O)Nc1cccc(-c2nc(CC(=O)NCCC(C)C)cs2)c1. The Balaban J connectivity index is 1.97. The molecular formula is C18H23N3O2S. The Hall–Kier alpha value is -2.21. The van der Waals surface area contributed by atoms with Gasteiger partial charge in [0, 0.05) is 30.1 Å². The maximum absolute atomic E-state index is 11.9. The number of hydrogen-bond donors (Lipinski definition) is 2. The second-order valence-electron chi connectivity index (χ2n) is 6.12. The first kappa shape index (κ1) is 18.1. The molecule has 2 aromatic rings. The normalized spacial score (nSPS) is 10.7. The molecule has 6 heteroatoms. The van der Waals surface area contributed by atoms with Gasteiger partial charge in [0.25, 0.3) is 0 Å². The highest BCUT2D eigenvalue weighted by Gasteiger charge is 2.10. The van der Waals surface area contributed by atoms with Crippen LogP contribution in [0.25, 0.3) is 10.6 Å². The van der Waals surface area contributed by atoms with E-state index in [1.54, 1.807) is 0 Å². The van der Waals surface area contributed by atoms with Crippen molar-refractivity contribution in [3.63, 3.8) is 0 Å². The molecule has 0 bridgehead atoms. The van der Waals surface area contributed by atoms with Gasteiger partial charge in [-0.05, 0) is 24.5 Å². The van der Waals surface area contributed by atoms with Crippen molar-refractivity contribution in [3.8, 4) is 10.6 Å². The predicted octanol–water partition coefficient (Wildman–Crippen LogP) is 3.47. The molecule has 0 radical (unpaired) electrons. The molecule has 0 spiro atoms.